The summed E-state index contributed by atoms with van der Waals surface area (Å²) in [5, 5.41) is 2.49. The molecule has 1 aliphatic carbocycles. The Labute approximate surface area is 111 Å². The number of epoxide rings is 1. The highest BCUT2D eigenvalue weighted by atomic mass is 16.6. The smallest absolute Gasteiger partial charge is 0.110 e. The zero-order valence-corrected chi connectivity index (χ0v) is 10.5. The third-order valence-electron chi connectivity index (χ3n) is 4.40. The highest BCUT2D eigenvalue weighted by Gasteiger charge is 2.44. The number of hydrogen-bond donors (Lipinski definition) is 0. The van der Waals surface area contributed by atoms with Crippen LogP contribution in [0.15, 0.2) is 42.5 Å². The average Bonchev–Trinajstić information content (AvgIpc) is 3.24. The summed E-state index contributed by atoms with van der Waals surface area (Å²) >= 11 is 0. The van der Waals surface area contributed by atoms with Gasteiger partial charge in [0.2, 0.25) is 0 Å². The number of para-hydroxylation sites is 1. The molecule has 3 aromatic rings. The second-order valence-corrected chi connectivity index (χ2v) is 5.52. The van der Waals surface area contributed by atoms with Gasteiger partial charge in [-0.05, 0) is 42.2 Å². The molecule has 19 heavy (non-hydrogen) atoms. The third-order valence-corrected chi connectivity index (χ3v) is 4.40. The van der Waals surface area contributed by atoms with E-state index < -0.39 is 0 Å². The Balaban J connectivity index is 1.91. The standard InChI is InChI=1S/C17H13NO/c1-2-4-13-11(3-1)9-12-14(18-13)7-5-10-6-8-15-17(19-15)16(10)12/h1-5,7,9,15,17H,6,8H2. The molecule has 0 saturated carbocycles. The van der Waals surface area contributed by atoms with E-state index >= 15 is 0 Å². The number of fused-ring (bicyclic) bond motifs is 6. The third kappa shape index (κ3) is 1.32. The number of nitrogens with zero attached hydrogens (tertiary/aromatic N) is 1. The van der Waals surface area contributed by atoms with Crippen molar-refractivity contribution >= 4 is 21.8 Å². The fraction of sp³-hybridized carbons (Fsp3) is 0.235. The van der Waals surface area contributed by atoms with Crippen LogP contribution in [0, 0.1) is 0 Å². The number of hydrogen-bond acceptors (Lipinski definition) is 2. The zero-order valence-electron chi connectivity index (χ0n) is 10.5. The van der Waals surface area contributed by atoms with E-state index in [-0.39, 0.29) is 0 Å². The molecule has 2 unspecified atom stereocenters. The van der Waals surface area contributed by atoms with E-state index in [1.807, 2.05) is 6.07 Å². The Kier molecular flexibility index (Phi) is 1.74. The van der Waals surface area contributed by atoms with E-state index in [2.05, 4.69) is 36.4 Å². The van der Waals surface area contributed by atoms with E-state index in [4.69, 9.17) is 9.72 Å². The van der Waals surface area contributed by atoms with Crippen molar-refractivity contribution in [3.05, 3.63) is 53.6 Å². The Morgan fingerprint density at radius 3 is 3.00 bits per heavy atom. The first-order valence-electron chi connectivity index (χ1n) is 6.87. The molecule has 0 radical (unpaired) electrons. The number of pyridine rings is 1. The van der Waals surface area contributed by atoms with Gasteiger partial charge in [-0.25, -0.2) is 4.98 Å². The summed E-state index contributed by atoms with van der Waals surface area (Å²) in [6.45, 7) is 0. The number of ether oxygens (including phenoxy) is 1. The predicted molar refractivity (Wildman–Crippen MR) is 75.2 cm³/mol. The van der Waals surface area contributed by atoms with E-state index in [1.54, 1.807) is 0 Å². The van der Waals surface area contributed by atoms with Gasteiger partial charge in [0, 0.05) is 10.8 Å². The highest BCUT2D eigenvalue weighted by molar-refractivity contribution is 5.95. The summed E-state index contributed by atoms with van der Waals surface area (Å²) in [5.41, 5.74) is 5.00. The molecule has 2 atom stereocenters. The van der Waals surface area contributed by atoms with Crippen LogP contribution in [-0.4, -0.2) is 11.1 Å². The monoisotopic (exact) mass is 247 g/mol. The maximum Gasteiger partial charge on any atom is 0.110 e. The maximum atomic E-state index is 5.80. The minimum Gasteiger partial charge on any atom is -0.364 e. The number of benzene rings is 2. The van der Waals surface area contributed by atoms with Crippen LogP contribution in [0.3, 0.4) is 0 Å². The first-order chi connectivity index (χ1) is 9.40. The molecular weight excluding hydrogens is 234 g/mol. The fourth-order valence-electron chi connectivity index (χ4n) is 3.38. The van der Waals surface area contributed by atoms with Gasteiger partial charge in [0.15, 0.2) is 0 Å². The Hall–Kier alpha value is -1.93. The molecule has 1 aromatic heterocycles. The first kappa shape index (κ1) is 9.93. The fourth-order valence-corrected chi connectivity index (χ4v) is 3.38. The van der Waals surface area contributed by atoms with Gasteiger partial charge in [0.25, 0.3) is 0 Å². The molecule has 0 spiro atoms. The van der Waals surface area contributed by atoms with Crippen LogP contribution in [0.5, 0.6) is 0 Å². The summed E-state index contributed by atoms with van der Waals surface area (Å²) in [4.78, 5) is 4.78. The van der Waals surface area contributed by atoms with E-state index in [0.717, 1.165) is 17.5 Å². The quantitative estimate of drug-likeness (QED) is 0.446. The number of rotatable bonds is 0. The second kappa shape index (κ2) is 3.34. The lowest BCUT2D eigenvalue weighted by atomic mass is 9.88. The maximum absolute atomic E-state index is 5.80. The number of aryl methyl sites for hydroxylation is 1. The normalized spacial score (nSPS) is 24.2. The minimum absolute atomic E-state index is 0.329. The average molecular weight is 247 g/mol. The van der Waals surface area contributed by atoms with Crippen LogP contribution in [0.25, 0.3) is 21.8 Å². The van der Waals surface area contributed by atoms with Gasteiger partial charge < -0.3 is 4.74 Å². The Bertz CT molecular complexity index is 824. The number of aromatic nitrogens is 1. The van der Waals surface area contributed by atoms with Crippen LogP contribution < -0.4 is 0 Å². The Morgan fingerprint density at radius 1 is 1.05 bits per heavy atom. The molecule has 0 amide bonds. The van der Waals surface area contributed by atoms with Crippen molar-refractivity contribution in [1.29, 1.82) is 0 Å². The van der Waals surface area contributed by atoms with Gasteiger partial charge in [-0.3, -0.25) is 0 Å². The second-order valence-electron chi connectivity index (χ2n) is 5.52. The zero-order chi connectivity index (χ0) is 12.4. The van der Waals surface area contributed by atoms with Crippen molar-refractivity contribution < 1.29 is 4.74 Å². The molecule has 1 saturated heterocycles. The lowest BCUT2D eigenvalue weighted by molar-refractivity contribution is 0.373. The molecule has 2 aliphatic rings. The SMILES string of the molecule is c1ccc2nc3ccc4c(c3cc2c1)C1OC1CC4. The molecule has 2 heterocycles. The van der Waals surface area contributed by atoms with Crippen molar-refractivity contribution in [3.8, 4) is 0 Å². The molecule has 5 rings (SSSR count). The van der Waals surface area contributed by atoms with Gasteiger partial charge >= 0.3 is 0 Å². The van der Waals surface area contributed by atoms with Crippen LogP contribution in [-0.2, 0) is 11.2 Å². The van der Waals surface area contributed by atoms with E-state index in [1.165, 1.54) is 28.3 Å². The molecule has 2 nitrogen and oxygen atoms in total. The molecule has 0 N–H and O–H groups in total. The van der Waals surface area contributed by atoms with E-state index in [9.17, 15) is 0 Å². The van der Waals surface area contributed by atoms with Gasteiger partial charge in [0.05, 0.1) is 17.1 Å². The van der Waals surface area contributed by atoms with E-state index in [0.29, 0.717) is 12.2 Å². The van der Waals surface area contributed by atoms with Gasteiger partial charge in [0.1, 0.15) is 6.10 Å². The summed E-state index contributed by atoms with van der Waals surface area (Å²) < 4.78 is 5.80. The van der Waals surface area contributed by atoms with Crippen LogP contribution >= 0.6 is 0 Å². The largest absolute Gasteiger partial charge is 0.364 e. The van der Waals surface area contributed by atoms with Crippen LogP contribution in [0.4, 0.5) is 0 Å². The van der Waals surface area contributed by atoms with Crippen molar-refractivity contribution in [1.82, 2.24) is 4.98 Å². The lowest BCUT2D eigenvalue weighted by Crippen LogP contribution is -2.05. The molecule has 1 fully saturated rings. The Morgan fingerprint density at radius 2 is 2.00 bits per heavy atom. The summed E-state index contributed by atoms with van der Waals surface area (Å²) in [5.74, 6) is 0. The predicted octanol–water partition coefficient (Wildman–Crippen LogP) is 3.77. The molecule has 0 bridgehead atoms. The van der Waals surface area contributed by atoms with Crippen molar-refractivity contribution in [2.24, 2.45) is 0 Å². The van der Waals surface area contributed by atoms with Gasteiger partial charge in [-0.15, -0.1) is 0 Å². The lowest BCUT2D eigenvalue weighted by Gasteiger charge is -2.14. The van der Waals surface area contributed by atoms with Gasteiger partial charge in [-0.2, -0.15) is 0 Å². The molecule has 1 aliphatic heterocycles. The minimum atomic E-state index is 0.329. The molecule has 92 valence electrons. The first-order valence-corrected chi connectivity index (χ1v) is 6.87. The summed E-state index contributed by atoms with van der Waals surface area (Å²) in [7, 11) is 0. The van der Waals surface area contributed by atoms with Crippen molar-refractivity contribution in [2.75, 3.05) is 0 Å². The molecular formula is C17H13NO. The summed E-state index contributed by atoms with van der Waals surface area (Å²) in [6.07, 6.45) is 3.10. The molecule has 2 aromatic carbocycles. The van der Waals surface area contributed by atoms with Gasteiger partial charge in [-0.1, -0.05) is 24.3 Å². The highest BCUT2D eigenvalue weighted by Crippen LogP contribution is 2.49. The van der Waals surface area contributed by atoms with Crippen molar-refractivity contribution in [3.63, 3.8) is 0 Å². The van der Waals surface area contributed by atoms with Crippen LogP contribution in [0.1, 0.15) is 23.7 Å². The van der Waals surface area contributed by atoms with Crippen LogP contribution in [0.2, 0.25) is 0 Å². The van der Waals surface area contributed by atoms with Crippen molar-refractivity contribution in [2.45, 2.75) is 25.0 Å². The summed E-state index contributed by atoms with van der Waals surface area (Å²) in [6, 6.07) is 15.0. The molecule has 2 heteroatoms. The topological polar surface area (TPSA) is 25.4 Å².